The third-order valence-electron chi connectivity index (χ3n) is 3.81. The van der Waals surface area contributed by atoms with E-state index in [2.05, 4.69) is 31.0 Å². The van der Waals surface area contributed by atoms with Gasteiger partial charge in [0.05, 0.1) is 5.69 Å². The smallest absolute Gasteiger partial charge is 0.296 e. The van der Waals surface area contributed by atoms with Crippen LogP contribution in [0.25, 0.3) is 0 Å². The minimum absolute atomic E-state index is 0.237. The maximum atomic E-state index is 11.3. The third-order valence-corrected chi connectivity index (χ3v) is 4.71. The van der Waals surface area contributed by atoms with Crippen molar-refractivity contribution in [2.24, 2.45) is 0 Å². The van der Waals surface area contributed by atoms with Gasteiger partial charge in [-0.3, -0.25) is 4.55 Å². The molecule has 0 radical (unpaired) electrons. The normalized spacial score (nSPS) is 11.0. The Morgan fingerprint density at radius 1 is 0.923 bits per heavy atom. The highest BCUT2D eigenvalue weighted by Crippen LogP contribution is 2.27. The molecule has 8 heteroatoms. The van der Waals surface area contributed by atoms with Crippen molar-refractivity contribution in [3.05, 3.63) is 42.5 Å². The summed E-state index contributed by atoms with van der Waals surface area (Å²) in [7, 11) is -4.35. The molecule has 0 unspecified atom stereocenters. The highest BCUT2D eigenvalue weighted by molar-refractivity contribution is 7.86. The first kappa shape index (κ1) is 21.8. The van der Waals surface area contributed by atoms with Crippen LogP contribution in [0.1, 0.15) is 20.8 Å². The van der Waals surface area contributed by atoms with E-state index in [1.165, 1.54) is 37.8 Å². The molecule has 26 heavy (non-hydrogen) atoms. The number of nitrogens with zero attached hydrogens (tertiary/aromatic N) is 1. The van der Waals surface area contributed by atoms with Gasteiger partial charge in [0.25, 0.3) is 10.1 Å². The van der Waals surface area contributed by atoms with Gasteiger partial charge in [-0.1, -0.05) is 20.8 Å². The van der Waals surface area contributed by atoms with Crippen molar-refractivity contribution >= 4 is 32.9 Å². The number of hydrogen-bond donors (Lipinski definition) is 4. The van der Waals surface area contributed by atoms with Crippen molar-refractivity contribution in [3.8, 4) is 0 Å². The topological polar surface area (TPSA) is 122 Å². The molecule has 0 amide bonds. The first-order valence-electron chi connectivity index (χ1n) is 8.43. The quantitative estimate of drug-likeness (QED) is 0.448. The zero-order valence-electron chi connectivity index (χ0n) is 15.4. The van der Waals surface area contributed by atoms with Crippen LogP contribution in [0.2, 0.25) is 0 Å². The summed E-state index contributed by atoms with van der Waals surface area (Å²) in [6.07, 6.45) is 0. The molecule has 0 fully saturated rings. The SMILES string of the molecule is CCN(CC)CC.Nc1ccc(Nc2ccc(N)cc2S(=O)(=O)O)cc1. The Morgan fingerprint density at radius 2 is 1.42 bits per heavy atom. The van der Waals surface area contributed by atoms with E-state index in [9.17, 15) is 13.0 Å². The summed E-state index contributed by atoms with van der Waals surface area (Å²) >= 11 is 0. The van der Waals surface area contributed by atoms with Gasteiger partial charge in [-0.05, 0) is 62.1 Å². The highest BCUT2D eigenvalue weighted by Gasteiger charge is 2.16. The first-order valence-corrected chi connectivity index (χ1v) is 9.87. The minimum Gasteiger partial charge on any atom is -0.399 e. The summed E-state index contributed by atoms with van der Waals surface area (Å²) in [5, 5.41) is 2.88. The molecule has 144 valence electrons. The van der Waals surface area contributed by atoms with Gasteiger partial charge < -0.3 is 21.7 Å². The standard InChI is InChI=1S/C12H13N3O3S.C6H15N/c13-8-1-4-10(5-2-8)15-11-6-3-9(14)7-12(11)19(16,17)18;1-4-7(5-2)6-3/h1-7,15H,13-14H2,(H,16,17,18);4-6H2,1-3H3. The lowest BCUT2D eigenvalue weighted by Crippen LogP contribution is -2.21. The summed E-state index contributed by atoms with van der Waals surface area (Å²) in [5.41, 5.74) is 12.8. The molecule has 0 aliphatic carbocycles. The summed E-state index contributed by atoms with van der Waals surface area (Å²) in [6, 6.07) is 10.9. The van der Waals surface area contributed by atoms with Crippen LogP contribution >= 0.6 is 0 Å². The van der Waals surface area contributed by atoms with Crippen LogP contribution in [-0.2, 0) is 10.1 Å². The Bertz CT molecular complexity index is 783. The number of anilines is 4. The zero-order chi connectivity index (χ0) is 19.7. The van der Waals surface area contributed by atoms with Gasteiger partial charge in [0.1, 0.15) is 4.90 Å². The van der Waals surface area contributed by atoms with Crippen LogP contribution in [0.4, 0.5) is 22.7 Å². The molecule has 7 nitrogen and oxygen atoms in total. The van der Waals surface area contributed by atoms with Crippen LogP contribution in [0, 0.1) is 0 Å². The van der Waals surface area contributed by atoms with Gasteiger partial charge in [0, 0.05) is 17.1 Å². The lowest BCUT2D eigenvalue weighted by Gasteiger charge is -2.13. The van der Waals surface area contributed by atoms with Gasteiger partial charge >= 0.3 is 0 Å². The molecule has 2 rings (SSSR count). The number of benzene rings is 2. The van der Waals surface area contributed by atoms with Gasteiger partial charge in [0.2, 0.25) is 0 Å². The molecule has 0 aliphatic heterocycles. The summed E-state index contributed by atoms with van der Waals surface area (Å²) in [4.78, 5) is 2.10. The van der Waals surface area contributed by atoms with Gasteiger partial charge in [-0.15, -0.1) is 0 Å². The van der Waals surface area contributed by atoms with E-state index >= 15 is 0 Å². The van der Waals surface area contributed by atoms with E-state index in [1.54, 1.807) is 24.3 Å². The van der Waals surface area contributed by atoms with E-state index in [-0.39, 0.29) is 16.3 Å². The maximum absolute atomic E-state index is 11.3. The van der Waals surface area contributed by atoms with Crippen LogP contribution in [-0.4, -0.2) is 37.5 Å². The van der Waals surface area contributed by atoms with Crippen molar-refractivity contribution in [3.63, 3.8) is 0 Å². The number of rotatable bonds is 6. The van der Waals surface area contributed by atoms with E-state index in [1.807, 2.05) is 0 Å². The van der Waals surface area contributed by atoms with Crippen molar-refractivity contribution in [2.45, 2.75) is 25.7 Å². The second-order valence-electron chi connectivity index (χ2n) is 5.60. The molecular formula is C18H28N4O3S. The average Bonchev–Trinajstić information content (AvgIpc) is 2.60. The summed E-state index contributed by atoms with van der Waals surface area (Å²) < 4.78 is 31.8. The largest absolute Gasteiger partial charge is 0.399 e. The van der Waals surface area contributed by atoms with Crippen LogP contribution in [0.15, 0.2) is 47.4 Å². The fourth-order valence-corrected chi connectivity index (χ4v) is 2.93. The predicted octanol–water partition coefficient (Wildman–Crippen LogP) is 3.19. The molecule has 0 aromatic heterocycles. The average molecular weight is 381 g/mol. The molecule has 6 N–H and O–H groups in total. The third kappa shape index (κ3) is 6.91. The van der Waals surface area contributed by atoms with E-state index in [0.717, 1.165) is 0 Å². The number of nitrogens with two attached hydrogens (primary N) is 2. The van der Waals surface area contributed by atoms with Crippen molar-refractivity contribution < 1.29 is 13.0 Å². The fourth-order valence-electron chi connectivity index (χ4n) is 2.25. The van der Waals surface area contributed by atoms with Crippen molar-refractivity contribution in [1.29, 1.82) is 0 Å². The van der Waals surface area contributed by atoms with Crippen LogP contribution in [0.3, 0.4) is 0 Å². The summed E-state index contributed by atoms with van der Waals surface area (Å²) in [5.74, 6) is 0. The summed E-state index contributed by atoms with van der Waals surface area (Å²) in [6.45, 7) is 10.1. The molecule has 0 atom stereocenters. The monoisotopic (exact) mass is 380 g/mol. The zero-order valence-corrected chi connectivity index (χ0v) is 16.3. The molecule has 0 aliphatic rings. The van der Waals surface area contributed by atoms with E-state index in [0.29, 0.717) is 11.4 Å². The van der Waals surface area contributed by atoms with Gasteiger partial charge in [-0.25, -0.2) is 0 Å². The Hall–Kier alpha value is -2.29. The Morgan fingerprint density at radius 3 is 1.85 bits per heavy atom. The van der Waals surface area contributed by atoms with Crippen LogP contribution < -0.4 is 16.8 Å². The number of nitrogens with one attached hydrogen (secondary N) is 1. The minimum atomic E-state index is -4.35. The Kier molecular flexibility index (Phi) is 8.37. The lowest BCUT2D eigenvalue weighted by atomic mass is 10.2. The molecule has 0 saturated carbocycles. The van der Waals surface area contributed by atoms with Crippen molar-refractivity contribution in [2.75, 3.05) is 36.4 Å². The molecular weight excluding hydrogens is 352 g/mol. The molecule has 0 heterocycles. The molecule has 0 bridgehead atoms. The van der Waals surface area contributed by atoms with Crippen molar-refractivity contribution in [1.82, 2.24) is 4.90 Å². The first-order chi connectivity index (χ1) is 12.2. The Balaban J connectivity index is 0.000000412. The second-order valence-corrected chi connectivity index (χ2v) is 6.99. The predicted molar refractivity (Wildman–Crippen MR) is 108 cm³/mol. The molecule has 2 aromatic rings. The number of nitrogen functional groups attached to an aromatic ring is 2. The highest BCUT2D eigenvalue weighted by atomic mass is 32.2. The van der Waals surface area contributed by atoms with Gasteiger partial charge in [0.15, 0.2) is 0 Å². The Labute approximate surface area is 155 Å². The lowest BCUT2D eigenvalue weighted by molar-refractivity contribution is 0.321. The second kappa shape index (κ2) is 10.0. The van der Waals surface area contributed by atoms with E-state index < -0.39 is 10.1 Å². The van der Waals surface area contributed by atoms with Gasteiger partial charge in [-0.2, -0.15) is 8.42 Å². The van der Waals surface area contributed by atoms with E-state index in [4.69, 9.17) is 11.5 Å². The molecule has 0 saturated heterocycles. The van der Waals surface area contributed by atoms with Crippen LogP contribution in [0.5, 0.6) is 0 Å². The molecule has 2 aromatic carbocycles. The fraction of sp³-hybridized carbons (Fsp3) is 0.333. The molecule has 0 spiro atoms. The maximum Gasteiger partial charge on any atom is 0.296 e. The number of hydrogen-bond acceptors (Lipinski definition) is 6.